The lowest BCUT2D eigenvalue weighted by Gasteiger charge is -2.13. The lowest BCUT2D eigenvalue weighted by molar-refractivity contribution is 0.953. The molecule has 0 radical (unpaired) electrons. The van der Waals surface area contributed by atoms with Crippen LogP contribution >= 0.6 is 0 Å². The predicted octanol–water partition coefficient (Wildman–Crippen LogP) is 15.8. The molecule has 69 heavy (non-hydrogen) atoms. The molecule has 14 aromatic rings. The van der Waals surface area contributed by atoms with E-state index in [9.17, 15) is 0 Å². The average molecular weight is 881 g/mol. The largest absolute Gasteiger partial charge is 0.309 e. The molecular weight excluding hydrogens is 841 g/mol. The zero-order valence-corrected chi connectivity index (χ0v) is 37.3. The van der Waals surface area contributed by atoms with E-state index in [1.165, 1.54) is 27.1 Å². The fraction of sp³-hybridized carbons (Fsp3) is 0. The Morgan fingerprint density at radius 3 is 1.38 bits per heavy atom. The van der Waals surface area contributed by atoms with Gasteiger partial charge in [0.1, 0.15) is 0 Å². The first-order valence-corrected chi connectivity index (χ1v) is 23.4. The van der Waals surface area contributed by atoms with E-state index in [1.807, 2.05) is 6.07 Å². The van der Waals surface area contributed by atoms with Crippen molar-refractivity contribution in [1.82, 2.24) is 28.7 Å². The Kier molecular flexibility index (Phi) is 8.79. The minimum Gasteiger partial charge on any atom is -0.309 e. The summed E-state index contributed by atoms with van der Waals surface area (Å²) >= 11 is 0. The van der Waals surface area contributed by atoms with Crippen molar-refractivity contribution in [2.24, 2.45) is 0 Å². The molecule has 0 N–H and O–H groups in total. The minimum atomic E-state index is 0.553. The highest BCUT2D eigenvalue weighted by atomic mass is 15.2. The first-order valence-electron chi connectivity index (χ1n) is 23.4. The van der Waals surface area contributed by atoms with Gasteiger partial charge in [0.15, 0.2) is 11.6 Å². The quantitative estimate of drug-likeness (QED) is 0.160. The third kappa shape index (κ3) is 6.23. The highest BCUT2D eigenvalue weighted by Gasteiger charge is 2.22. The molecule has 0 spiro atoms. The molecule has 0 aliphatic rings. The van der Waals surface area contributed by atoms with Gasteiger partial charge in [-0.05, 0) is 82.9 Å². The van der Waals surface area contributed by atoms with E-state index in [0.29, 0.717) is 17.6 Å². The third-order valence-corrected chi connectivity index (χ3v) is 13.7. The van der Waals surface area contributed by atoms with Gasteiger partial charge in [-0.3, -0.25) is 4.57 Å². The van der Waals surface area contributed by atoms with E-state index >= 15 is 0 Å². The first kappa shape index (κ1) is 38.8. The molecule has 0 atom stereocenters. The van der Waals surface area contributed by atoms with Crippen LogP contribution in [0, 0.1) is 0 Å². The molecule has 4 heterocycles. The summed E-state index contributed by atoms with van der Waals surface area (Å²) in [5.41, 5.74) is 15.2. The Morgan fingerprint density at radius 2 is 0.710 bits per heavy atom. The summed E-state index contributed by atoms with van der Waals surface area (Å²) in [6.45, 7) is 0. The van der Waals surface area contributed by atoms with E-state index in [2.05, 4.69) is 250 Å². The van der Waals surface area contributed by atoms with Gasteiger partial charge in [0.25, 0.3) is 0 Å². The molecule has 0 fully saturated rings. The van der Waals surface area contributed by atoms with Crippen LogP contribution in [0.2, 0.25) is 0 Å². The minimum absolute atomic E-state index is 0.553. The molecule has 14 rings (SSSR count). The van der Waals surface area contributed by atoms with Gasteiger partial charge >= 0.3 is 0 Å². The summed E-state index contributed by atoms with van der Waals surface area (Å²) in [5, 5.41) is 7.14. The van der Waals surface area contributed by atoms with Gasteiger partial charge in [0.2, 0.25) is 5.95 Å². The number of hydrogen-bond donors (Lipinski definition) is 0. The van der Waals surface area contributed by atoms with Crippen LogP contribution in [-0.4, -0.2) is 28.7 Å². The van der Waals surface area contributed by atoms with Crippen molar-refractivity contribution in [3.63, 3.8) is 0 Å². The fourth-order valence-electron chi connectivity index (χ4n) is 10.6. The molecule has 0 aliphatic heterocycles. The highest BCUT2D eigenvalue weighted by Crippen LogP contribution is 2.41. The summed E-state index contributed by atoms with van der Waals surface area (Å²) in [6, 6.07) is 86.2. The summed E-state index contributed by atoms with van der Waals surface area (Å²) in [7, 11) is 0. The molecule has 10 aromatic carbocycles. The van der Waals surface area contributed by atoms with Crippen LogP contribution in [0.4, 0.5) is 0 Å². The van der Waals surface area contributed by atoms with Crippen molar-refractivity contribution in [3.05, 3.63) is 243 Å². The number of para-hydroxylation sites is 4. The number of aromatic nitrogens is 6. The number of hydrogen-bond acceptors (Lipinski definition) is 3. The van der Waals surface area contributed by atoms with Gasteiger partial charge in [-0.2, -0.15) is 9.97 Å². The highest BCUT2D eigenvalue weighted by molar-refractivity contribution is 6.19. The SMILES string of the molecule is c1ccc(-c2ccc(-c3nc(-c4cccc(-n5c6ccccc6c6cc7c8ccccc8n(-c8ccccc8)c7cc65)c4)nc(-n4c5ccccc5c5c(-c6ccccc6)cccc54)n3)cc2)cc1. The Morgan fingerprint density at radius 1 is 0.246 bits per heavy atom. The van der Waals surface area contributed by atoms with Crippen molar-refractivity contribution in [2.45, 2.75) is 0 Å². The first-order chi connectivity index (χ1) is 34.2. The molecular formula is C63H40N6. The van der Waals surface area contributed by atoms with Crippen LogP contribution < -0.4 is 0 Å². The summed E-state index contributed by atoms with van der Waals surface area (Å²) < 4.78 is 6.99. The zero-order chi connectivity index (χ0) is 45.4. The van der Waals surface area contributed by atoms with Gasteiger partial charge in [0.05, 0.1) is 33.1 Å². The van der Waals surface area contributed by atoms with E-state index in [0.717, 1.165) is 83.1 Å². The molecule has 6 heteroatoms. The summed E-state index contributed by atoms with van der Waals surface area (Å²) in [5.74, 6) is 1.73. The Hall–Kier alpha value is -9.39. The second kappa shape index (κ2) is 15.6. The Balaban J connectivity index is 0.996. The van der Waals surface area contributed by atoms with Crippen molar-refractivity contribution < 1.29 is 0 Å². The standard InChI is InChI=1S/C63H40N6/c1-4-18-41(19-5-1)42-34-36-44(37-35-42)61-64-62(66-63(65-61)69-56-32-15-12-28-51(56)60-48(29-17-33-57(60)69)43-20-6-2-7-21-43)45-22-16-25-47(38-45)68-55-31-14-11-27-50(55)53-39-52-49-26-10-13-30-54(49)67(58(52)40-59(53)68)46-23-8-3-9-24-46/h1-40H. The number of rotatable bonds is 7. The van der Waals surface area contributed by atoms with Crippen molar-refractivity contribution in [2.75, 3.05) is 0 Å². The normalized spacial score (nSPS) is 11.8. The average Bonchev–Trinajstić information content (AvgIpc) is 4.06. The molecule has 0 saturated carbocycles. The molecule has 0 unspecified atom stereocenters. The van der Waals surface area contributed by atoms with E-state index in [1.54, 1.807) is 0 Å². The van der Waals surface area contributed by atoms with Gasteiger partial charge in [-0.25, -0.2) is 4.98 Å². The molecule has 0 saturated heterocycles. The smallest absolute Gasteiger partial charge is 0.238 e. The maximum atomic E-state index is 5.43. The van der Waals surface area contributed by atoms with Gasteiger partial charge in [0, 0.05) is 54.8 Å². The monoisotopic (exact) mass is 880 g/mol. The van der Waals surface area contributed by atoms with Crippen molar-refractivity contribution >= 4 is 65.4 Å². The molecule has 6 nitrogen and oxygen atoms in total. The summed E-state index contributed by atoms with van der Waals surface area (Å²) in [4.78, 5) is 16.1. The second-order valence-corrected chi connectivity index (χ2v) is 17.6. The van der Waals surface area contributed by atoms with E-state index < -0.39 is 0 Å². The maximum absolute atomic E-state index is 5.43. The third-order valence-electron chi connectivity index (χ3n) is 13.7. The second-order valence-electron chi connectivity index (χ2n) is 17.6. The molecule has 0 bridgehead atoms. The van der Waals surface area contributed by atoms with Gasteiger partial charge in [-0.15, -0.1) is 0 Å². The number of fused-ring (bicyclic) bond motifs is 9. The predicted molar refractivity (Wildman–Crippen MR) is 285 cm³/mol. The van der Waals surface area contributed by atoms with Crippen LogP contribution in [0.25, 0.3) is 128 Å². The zero-order valence-electron chi connectivity index (χ0n) is 37.3. The van der Waals surface area contributed by atoms with Crippen LogP contribution in [0.1, 0.15) is 0 Å². The van der Waals surface area contributed by atoms with Crippen LogP contribution in [0.3, 0.4) is 0 Å². The number of benzene rings is 10. The molecule has 4 aromatic heterocycles. The lowest BCUT2D eigenvalue weighted by Crippen LogP contribution is -2.06. The fourth-order valence-corrected chi connectivity index (χ4v) is 10.6. The Bertz CT molecular complexity index is 4280. The van der Waals surface area contributed by atoms with Crippen LogP contribution in [0.15, 0.2) is 243 Å². The lowest BCUT2D eigenvalue weighted by atomic mass is 9.99. The maximum Gasteiger partial charge on any atom is 0.238 e. The Labute approximate surface area is 397 Å². The van der Waals surface area contributed by atoms with Gasteiger partial charge < -0.3 is 9.13 Å². The topological polar surface area (TPSA) is 53.5 Å². The number of nitrogens with zero attached hydrogens (tertiary/aromatic N) is 6. The molecule has 0 amide bonds. The molecule has 322 valence electrons. The van der Waals surface area contributed by atoms with Crippen LogP contribution in [0.5, 0.6) is 0 Å². The van der Waals surface area contributed by atoms with Crippen molar-refractivity contribution in [1.29, 1.82) is 0 Å². The van der Waals surface area contributed by atoms with Crippen molar-refractivity contribution in [3.8, 4) is 62.4 Å². The molecule has 0 aliphatic carbocycles. The van der Waals surface area contributed by atoms with Crippen LogP contribution in [-0.2, 0) is 0 Å². The van der Waals surface area contributed by atoms with Gasteiger partial charge in [-0.1, -0.05) is 182 Å². The summed E-state index contributed by atoms with van der Waals surface area (Å²) in [6.07, 6.45) is 0. The van der Waals surface area contributed by atoms with E-state index in [4.69, 9.17) is 15.0 Å². The van der Waals surface area contributed by atoms with E-state index in [-0.39, 0.29) is 0 Å².